The van der Waals surface area contributed by atoms with E-state index < -0.39 is 11.7 Å². The summed E-state index contributed by atoms with van der Waals surface area (Å²) in [7, 11) is 1.75. The van der Waals surface area contributed by atoms with E-state index in [4.69, 9.17) is 4.74 Å². The Bertz CT molecular complexity index is 1550. The van der Waals surface area contributed by atoms with Crippen LogP contribution in [0.25, 0.3) is 11.0 Å². The molecule has 5 rings (SSSR count). The number of ether oxygens (including phenoxy) is 1. The zero-order valence-corrected chi connectivity index (χ0v) is 21.7. The number of aromatic nitrogens is 3. The van der Waals surface area contributed by atoms with Gasteiger partial charge in [-0.1, -0.05) is 6.07 Å². The summed E-state index contributed by atoms with van der Waals surface area (Å²) in [5, 5.41) is 5.76. The van der Waals surface area contributed by atoms with Crippen LogP contribution in [0.3, 0.4) is 0 Å². The first-order valence-electron chi connectivity index (χ1n) is 12.8. The minimum atomic E-state index is -4.45. The van der Waals surface area contributed by atoms with Crippen LogP contribution in [-0.4, -0.2) is 50.9 Å². The molecule has 0 spiro atoms. The maximum atomic E-state index is 13.1. The van der Waals surface area contributed by atoms with Gasteiger partial charge in [0.2, 0.25) is 11.9 Å². The van der Waals surface area contributed by atoms with Crippen molar-refractivity contribution in [3.63, 3.8) is 0 Å². The molecule has 2 aromatic heterocycles. The van der Waals surface area contributed by atoms with E-state index in [1.165, 1.54) is 24.4 Å². The molecule has 0 bridgehead atoms. The molecule has 1 aliphatic rings. The minimum absolute atomic E-state index is 0.157. The third-order valence-corrected chi connectivity index (χ3v) is 6.56. The van der Waals surface area contributed by atoms with Gasteiger partial charge in [0.1, 0.15) is 17.2 Å². The van der Waals surface area contributed by atoms with Crippen molar-refractivity contribution in [2.75, 3.05) is 25.0 Å². The summed E-state index contributed by atoms with van der Waals surface area (Å²) in [6, 6.07) is 13.3. The minimum Gasteiger partial charge on any atom is -0.457 e. The zero-order valence-electron chi connectivity index (χ0n) is 21.7. The number of likely N-dealkylation sites (tertiary alicyclic amines) is 1. The van der Waals surface area contributed by atoms with E-state index in [1.807, 2.05) is 4.90 Å². The predicted molar refractivity (Wildman–Crippen MR) is 143 cm³/mol. The first-order valence-corrected chi connectivity index (χ1v) is 12.8. The molecule has 0 unspecified atom stereocenters. The van der Waals surface area contributed by atoms with Gasteiger partial charge in [-0.3, -0.25) is 14.6 Å². The Morgan fingerprint density at radius 1 is 1.10 bits per heavy atom. The molecule has 40 heavy (non-hydrogen) atoms. The fraction of sp³-hybridized carbons (Fsp3) is 0.286. The first-order chi connectivity index (χ1) is 19.2. The highest BCUT2D eigenvalue weighted by atomic mass is 19.4. The maximum Gasteiger partial charge on any atom is 0.416 e. The van der Waals surface area contributed by atoms with Crippen LogP contribution in [0, 0.1) is 0 Å². The quantitative estimate of drug-likeness (QED) is 0.275. The van der Waals surface area contributed by atoms with Gasteiger partial charge < -0.3 is 24.8 Å². The number of benzene rings is 2. The predicted octanol–water partition coefficient (Wildman–Crippen LogP) is 5.27. The fourth-order valence-electron chi connectivity index (χ4n) is 4.50. The number of nitrogens with zero attached hydrogens (tertiary/aromatic N) is 4. The molecular formula is C28H27F3N6O3. The molecule has 2 amide bonds. The van der Waals surface area contributed by atoms with E-state index >= 15 is 0 Å². The smallest absolute Gasteiger partial charge is 0.416 e. The monoisotopic (exact) mass is 552 g/mol. The average Bonchev–Trinajstić information content (AvgIpc) is 3.48. The number of pyridine rings is 1. The van der Waals surface area contributed by atoms with E-state index in [2.05, 4.69) is 20.6 Å². The van der Waals surface area contributed by atoms with Crippen LogP contribution in [0.1, 0.15) is 35.3 Å². The summed E-state index contributed by atoms with van der Waals surface area (Å²) < 4.78 is 46.9. The van der Waals surface area contributed by atoms with Crippen LogP contribution in [0.4, 0.5) is 24.8 Å². The Morgan fingerprint density at radius 3 is 2.70 bits per heavy atom. The average molecular weight is 553 g/mol. The van der Waals surface area contributed by atoms with Gasteiger partial charge in [-0.2, -0.15) is 13.2 Å². The van der Waals surface area contributed by atoms with Crippen LogP contribution >= 0.6 is 0 Å². The molecule has 0 aliphatic carbocycles. The highest BCUT2D eigenvalue weighted by Crippen LogP contribution is 2.32. The summed E-state index contributed by atoms with van der Waals surface area (Å²) in [6.45, 7) is 1.80. The normalized spacial score (nSPS) is 13.6. The lowest BCUT2D eigenvalue weighted by atomic mass is 10.2. The Kier molecular flexibility index (Phi) is 7.58. The number of anilines is 2. The molecule has 208 valence electrons. The third-order valence-electron chi connectivity index (χ3n) is 6.56. The molecule has 1 fully saturated rings. The SMILES string of the molecule is Cn1c(Nc2cccc(C(F)(F)F)c2)nc2cc(Oc3ccnc(C(=O)NCCCN4CCCC4=O)c3)ccc21. The van der Waals surface area contributed by atoms with Crippen molar-refractivity contribution in [3.05, 3.63) is 72.1 Å². The number of carbonyl (C=O) groups is 2. The van der Waals surface area contributed by atoms with Crippen molar-refractivity contribution in [2.45, 2.75) is 25.4 Å². The van der Waals surface area contributed by atoms with Gasteiger partial charge in [0.25, 0.3) is 5.91 Å². The third kappa shape index (κ3) is 6.16. The summed E-state index contributed by atoms with van der Waals surface area (Å²) >= 11 is 0. The number of rotatable bonds is 9. The van der Waals surface area contributed by atoms with Crippen molar-refractivity contribution in [1.29, 1.82) is 0 Å². The van der Waals surface area contributed by atoms with Crippen molar-refractivity contribution in [1.82, 2.24) is 24.8 Å². The standard InChI is InChI=1S/C28H27F3N6O3/c1-36-24-9-8-20(16-22(24)35-27(36)34-19-6-2-5-18(15-19)28(29,30)31)40-21-10-12-32-23(17-21)26(39)33-11-4-14-37-13-3-7-25(37)38/h2,5-6,8-10,12,15-17H,3-4,7,11,13-14H2,1H3,(H,33,39)(H,34,35). The number of aryl methyl sites for hydroxylation is 1. The number of imidazole rings is 1. The van der Waals surface area contributed by atoms with Crippen LogP contribution in [0.15, 0.2) is 60.8 Å². The maximum absolute atomic E-state index is 13.1. The van der Waals surface area contributed by atoms with Crippen molar-refractivity contribution < 1.29 is 27.5 Å². The summed E-state index contributed by atoms with van der Waals surface area (Å²) in [5.41, 5.74) is 1.01. The molecule has 9 nitrogen and oxygen atoms in total. The molecule has 0 saturated carbocycles. The van der Waals surface area contributed by atoms with Gasteiger partial charge in [0.15, 0.2) is 0 Å². The molecule has 0 atom stereocenters. The van der Waals surface area contributed by atoms with E-state index in [0.717, 1.165) is 30.6 Å². The Hall–Kier alpha value is -4.61. The van der Waals surface area contributed by atoms with Crippen LogP contribution in [-0.2, 0) is 18.0 Å². The van der Waals surface area contributed by atoms with Crippen LogP contribution < -0.4 is 15.4 Å². The number of hydrogen-bond donors (Lipinski definition) is 2. The van der Waals surface area contributed by atoms with Gasteiger partial charge >= 0.3 is 6.18 Å². The summed E-state index contributed by atoms with van der Waals surface area (Å²) in [4.78, 5) is 34.7. The molecule has 1 saturated heterocycles. The number of amides is 2. The van der Waals surface area contributed by atoms with Crippen molar-refractivity contribution in [3.8, 4) is 11.5 Å². The first kappa shape index (κ1) is 27.0. The van der Waals surface area contributed by atoms with Crippen LogP contribution in [0.2, 0.25) is 0 Å². The Labute approximate surface area is 228 Å². The zero-order chi connectivity index (χ0) is 28.3. The Balaban J connectivity index is 1.23. The number of fused-ring (bicyclic) bond motifs is 1. The second kappa shape index (κ2) is 11.2. The van der Waals surface area contributed by atoms with E-state index in [0.29, 0.717) is 48.9 Å². The number of carbonyl (C=O) groups excluding carboxylic acids is 2. The highest BCUT2D eigenvalue weighted by Gasteiger charge is 2.30. The van der Waals surface area contributed by atoms with E-state index in [1.54, 1.807) is 35.9 Å². The number of halogens is 3. The number of alkyl halides is 3. The van der Waals surface area contributed by atoms with Crippen molar-refractivity contribution in [2.24, 2.45) is 7.05 Å². The van der Waals surface area contributed by atoms with E-state index in [9.17, 15) is 22.8 Å². The molecule has 12 heteroatoms. The van der Waals surface area contributed by atoms with Gasteiger partial charge in [0, 0.05) is 57.1 Å². The van der Waals surface area contributed by atoms with Gasteiger partial charge in [-0.25, -0.2) is 4.98 Å². The largest absolute Gasteiger partial charge is 0.457 e. The summed E-state index contributed by atoms with van der Waals surface area (Å²) in [6.07, 6.45) is -0.841. The molecule has 3 heterocycles. The molecule has 0 radical (unpaired) electrons. The van der Waals surface area contributed by atoms with E-state index in [-0.39, 0.29) is 23.2 Å². The number of nitrogens with one attached hydrogen (secondary N) is 2. The lowest BCUT2D eigenvalue weighted by Gasteiger charge is -2.15. The Morgan fingerprint density at radius 2 is 1.93 bits per heavy atom. The second-order valence-electron chi connectivity index (χ2n) is 9.42. The molecule has 2 aromatic carbocycles. The highest BCUT2D eigenvalue weighted by molar-refractivity contribution is 5.92. The molecule has 4 aromatic rings. The second-order valence-corrected chi connectivity index (χ2v) is 9.42. The lowest BCUT2D eigenvalue weighted by Crippen LogP contribution is -2.30. The summed E-state index contributed by atoms with van der Waals surface area (Å²) in [5.74, 6) is 1.04. The lowest BCUT2D eigenvalue weighted by molar-refractivity contribution is -0.137. The van der Waals surface area contributed by atoms with Crippen LogP contribution in [0.5, 0.6) is 11.5 Å². The van der Waals surface area contributed by atoms with Gasteiger partial charge in [0.05, 0.1) is 16.6 Å². The van der Waals surface area contributed by atoms with Gasteiger partial charge in [-0.15, -0.1) is 0 Å². The topological polar surface area (TPSA) is 101 Å². The van der Waals surface area contributed by atoms with Gasteiger partial charge in [-0.05, 0) is 49.2 Å². The number of hydrogen-bond acceptors (Lipinski definition) is 6. The fourth-order valence-corrected chi connectivity index (χ4v) is 4.50. The molecule has 1 aliphatic heterocycles. The molecular weight excluding hydrogens is 525 g/mol. The molecule has 2 N–H and O–H groups in total. The van der Waals surface area contributed by atoms with Crippen molar-refractivity contribution >= 4 is 34.5 Å².